The van der Waals surface area contributed by atoms with E-state index in [4.69, 9.17) is 16.6 Å². The van der Waals surface area contributed by atoms with Crippen LogP contribution in [0.3, 0.4) is 0 Å². The van der Waals surface area contributed by atoms with Gasteiger partial charge in [0.15, 0.2) is 0 Å². The monoisotopic (exact) mass is 653 g/mol. The number of rotatable bonds is 17. The van der Waals surface area contributed by atoms with Crippen molar-refractivity contribution in [2.75, 3.05) is 44.4 Å². The van der Waals surface area contributed by atoms with Gasteiger partial charge in [-0.05, 0) is 75.9 Å². The van der Waals surface area contributed by atoms with E-state index >= 15 is 0 Å². The van der Waals surface area contributed by atoms with Crippen LogP contribution in [0.4, 0.5) is 17.1 Å². The number of unbranched alkanes of at least 4 members (excludes halogenated alkanes) is 9. The lowest BCUT2D eigenvalue weighted by Crippen LogP contribution is -2.47. The summed E-state index contributed by atoms with van der Waals surface area (Å²) in [6, 6.07) is 13.1. The Morgan fingerprint density at radius 1 is 0.867 bits per heavy atom. The molecular formula is C36H53ClN5O2P. The molecule has 1 unspecified atom stereocenters. The van der Waals surface area contributed by atoms with E-state index in [1.807, 2.05) is 24.3 Å². The molecule has 0 amide bonds. The summed E-state index contributed by atoms with van der Waals surface area (Å²) in [6.45, 7) is 6.25. The van der Waals surface area contributed by atoms with Crippen molar-refractivity contribution in [2.24, 2.45) is 4.99 Å². The molecule has 2 aromatic carbocycles. The summed E-state index contributed by atoms with van der Waals surface area (Å²) in [4.78, 5) is 21.2. The molecule has 4 rings (SSSR count). The predicted molar refractivity (Wildman–Crippen MR) is 192 cm³/mol. The quantitative estimate of drug-likeness (QED) is 0.101. The van der Waals surface area contributed by atoms with Crippen LogP contribution < -0.4 is 9.76 Å². The molecule has 1 saturated heterocycles. The first-order valence-corrected chi connectivity index (χ1v) is 19.0. The van der Waals surface area contributed by atoms with Crippen molar-refractivity contribution >= 4 is 42.2 Å². The van der Waals surface area contributed by atoms with Gasteiger partial charge in [0.2, 0.25) is 0 Å². The molecule has 2 heterocycles. The molecule has 0 aliphatic carbocycles. The molecule has 1 atom stereocenters. The molecule has 246 valence electrons. The summed E-state index contributed by atoms with van der Waals surface area (Å²) in [6.07, 6.45) is 23.1. The van der Waals surface area contributed by atoms with Crippen molar-refractivity contribution in [3.05, 3.63) is 77.4 Å². The summed E-state index contributed by atoms with van der Waals surface area (Å²) in [5.41, 5.74) is 2.69. The van der Waals surface area contributed by atoms with Crippen LogP contribution in [0.5, 0.6) is 0 Å². The van der Waals surface area contributed by atoms with Crippen molar-refractivity contribution in [1.29, 1.82) is 0 Å². The number of hydrogen-bond acceptors (Lipinski definition) is 4. The van der Waals surface area contributed by atoms with E-state index in [2.05, 4.69) is 53.2 Å². The van der Waals surface area contributed by atoms with E-state index in [0.717, 1.165) is 69.7 Å². The summed E-state index contributed by atoms with van der Waals surface area (Å²) in [5, 5.41) is 3.57. The highest BCUT2D eigenvalue weighted by Gasteiger charge is 2.36. The third-order valence-electron chi connectivity index (χ3n) is 8.53. The largest absolute Gasteiger partial charge is 0.370 e. The highest BCUT2D eigenvalue weighted by Crippen LogP contribution is 2.55. The van der Waals surface area contributed by atoms with Crippen LogP contribution in [0.25, 0.3) is 0 Å². The number of nitrogens with one attached hydrogen (secondary N) is 1. The maximum absolute atomic E-state index is 14.1. The summed E-state index contributed by atoms with van der Waals surface area (Å²) in [5.74, 6) is 0.815. The molecule has 0 spiro atoms. The Morgan fingerprint density at radius 2 is 1.53 bits per heavy atom. The van der Waals surface area contributed by atoms with Gasteiger partial charge >= 0.3 is 7.67 Å². The zero-order valence-corrected chi connectivity index (χ0v) is 29.0. The van der Waals surface area contributed by atoms with Crippen molar-refractivity contribution in [3.8, 4) is 0 Å². The lowest BCUT2D eigenvalue weighted by Gasteiger charge is -2.35. The minimum Gasteiger partial charge on any atom is -0.353 e. The molecule has 2 N–H and O–H groups in total. The van der Waals surface area contributed by atoms with Crippen molar-refractivity contribution < 1.29 is 9.46 Å². The Labute approximate surface area is 276 Å². The molecule has 0 radical (unpaired) electrons. The lowest BCUT2D eigenvalue weighted by atomic mass is 10.1. The van der Waals surface area contributed by atoms with Gasteiger partial charge in [-0.15, -0.1) is 0 Å². The maximum atomic E-state index is 14.1. The lowest BCUT2D eigenvalue weighted by molar-refractivity contribution is 0.216. The van der Waals surface area contributed by atoms with Gasteiger partial charge in [-0.3, -0.25) is 4.67 Å². The SMILES string of the molecule is CCCCCC=CCC=CCCCCCCCCNP(=O)(O)N1c2ccc(Cl)cc2N=C(N2CCN(C)CC2)c2ccccc21. The van der Waals surface area contributed by atoms with Gasteiger partial charge in [0, 0.05) is 43.3 Å². The van der Waals surface area contributed by atoms with Gasteiger partial charge in [0.05, 0.1) is 17.1 Å². The van der Waals surface area contributed by atoms with Gasteiger partial charge in [-0.25, -0.2) is 14.6 Å². The average molecular weight is 654 g/mol. The Morgan fingerprint density at radius 3 is 2.27 bits per heavy atom. The second-order valence-corrected chi connectivity index (χ2v) is 14.5. The van der Waals surface area contributed by atoms with Crippen molar-refractivity contribution in [3.63, 3.8) is 0 Å². The number of piperazine rings is 1. The van der Waals surface area contributed by atoms with Gasteiger partial charge in [0.1, 0.15) is 5.84 Å². The van der Waals surface area contributed by atoms with Crippen LogP contribution in [0.1, 0.15) is 89.5 Å². The van der Waals surface area contributed by atoms with Crippen molar-refractivity contribution in [2.45, 2.75) is 84.0 Å². The number of nitrogens with zero attached hydrogens (tertiary/aromatic N) is 4. The number of halogens is 1. The van der Waals surface area contributed by atoms with Crippen LogP contribution >= 0.6 is 19.3 Å². The third-order valence-corrected chi connectivity index (χ3v) is 10.4. The van der Waals surface area contributed by atoms with Crippen molar-refractivity contribution in [1.82, 2.24) is 14.9 Å². The summed E-state index contributed by atoms with van der Waals surface area (Å²) in [7, 11) is -1.89. The molecule has 9 heteroatoms. The second-order valence-electron chi connectivity index (χ2n) is 12.2. The van der Waals surface area contributed by atoms with Crippen LogP contribution in [0, 0.1) is 0 Å². The van der Waals surface area contributed by atoms with E-state index in [0.29, 0.717) is 28.6 Å². The standard InChI is InChI=1S/C36H53ClN5O2P/c1-3-4-5-6-7-8-9-10-11-12-13-14-15-16-17-20-25-38-45(43,44)42-34-22-19-18-21-32(34)36(41-28-26-40(2)27-29-41)39-33-30-31(37)23-24-35(33)42/h7-8,10-11,18-19,21-24,30H,3-6,9,12-17,20,25-29H2,1-2H3,(H2,38,43,44). The van der Waals surface area contributed by atoms with Gasteiger partial charge in [-0.1, -0.05) is 93.5 Å². The number of allylic oxidation sites excluding steroid dienone is 4. The molecule has 0 saturated carbocycles. The Kier molecular flexibility index (Phi) is 14.7. The fourth-order valence-electron chi connectivity index (χ4n) is 5.88. The molecular weight excluding hydrogens is 601 g/mol. The molecule has 2 aliphatic rings. The number of anilines is 2. The number of para-hydroxylation sites is 1. The smallest absolute Gasteiger partial charge is 0.353 e. The van der Waals surface area contributed by atoms with Gasteiger partial charge < -0.3 is 14.7 Å². The highest BCUT2D eigenvalue weighted by atomic mass is 35.5. The number of hydrogen-bond donors (Lipinski definition) is 2. The van der Waals surface area contributed by atoms with Crippen LogP contribution in [-0.2, 0) is 4.57 Å². The number of fused-ring (bicyclic) bond motifs is 2. The number of likely N-dealkylation sites (N-methyl/N-ethyl adjacent to an activating group) is 1. The second kappa shape index (κ2) is 18.7. The molecule has 2 aromatic rings. The Balaban J connectivity index is 1.27. The fraction of sp³-hybridized carbons (Fsp3) is 0.528. The predicted octanol–water partition coefficient (Wildman–Crippen LogP) is 9.62. The average Bonchev–Trinajstić information content (AvgIpc) is 3.17. The Hall–Kier alpha value is -2.41. The number of amidine groups is 1. The van der Waals surface area contributed by atoms with Gasteiger partial charge in [0.25, 0.3) is 0 Å². The zero-order chi connectivity index (χ0) is 31.9. The van der Waals surface area contributed by atoms with E-state index in [9.17, 15) is 9.46 Å². The van der Waals surface area contributed by atoms with Crippen LogP contribution in [0.2, 0.25) is 5.02 Å². The first-order valence-electron chi connectivity index (χ1n) is 17.0. The normalized spacial score (nSPS) is 16.9. The van der Waals surface area contributed by atoms with Crippen LogP contribution in [0.15, 0.2) is 71.8 Å². The topological polar surface area (TPSA) is 71.4 Å². The summed E-state index contributed by atoms with van der Waals surface area (Å²) >= 11 is 6.41. The van der Waals surface area contributed by atoms with Crippen LogP contribution in [-0.4, -0.2) is 60.3 Å². The molecule has 7 nitrogen and oxygen atoms in total. The Bertz CT molecular complexity index is 1340. The first kappa shape index (κ1) is 35.4. The number of benzene rings is 2. The third kappa shape index (κ3) is 10.8. The van der Waals surface area contributed by atoms with Gasteiger partial charge in [-0.2, -0.15) is 0 Å². The zero-order valence-electron chi connectivity index (χ0n) is 27.3. The van der Waals surface area contributed by atoms with E-state index < -0.39 is 7.67 Å². The van der Waals surface area contributed by atoms with E-state index in [-0.39, 0.29) is 0 Å². The summed E-state index contributed by atoms with van der Waals surface area (Å²) < 4.78 is 15.6. The molecule has 1 fully saturated rings. The van der Waals surface area contributed by atoms with E-state index in [1.54, 1.807) is 22.9 Å². The number of aliphatic imine (C=N–C) groups is 1. The molecule has 2 aliphatic heterocycles. The molecule has 0 bridgehead atoms. The molecule has 45 heavy (non-hydrogen) atoms. The fourth-order valence-corrected chi connectivity index (χ4v) is 7.56. The maximum Gasteiger partial charge on any atom is 0.370 e. The molecule has 0 aromatic heterocycles. The minimum absolute atomic E-state index is 0.468. The first-order chi connectivity index (χ1) is 21.9. The van der Waals surface area contributed by atoms with E-state index in [1.165, 1.54) is 44.9 Å². The highest BCUT2D eigenvalue weighted by molar-refractivity contribution is 7.58. The minimum atomic E-state index is -4.01.